The van der Waals surface area contributed by atoms with E-state index in [4.69, 9.17) is 14.2 Å². The van der Waals surface area contributed by atoms with E-state index in [1.807, 2.05) is 0 Å². The molecule has 0 aliphatic rings. The Balaban J connectivity index is 4.24. The molecule has 0 aromatic rings. The number of esters is 3. The summed E-state index contributed by atoms with van der Waals surface area (Å²) in [5.41, 5.74) is 0. The maximum Gasteiger partial charge on any atom is 0.306 e. The van der Waals surface area contributed by atoms with Crippen LogP contribution in [0.4, 0.5) is 0 Å². The van der Waals surface area contributed by atoms with E-state index in [0.29, 0.717) is 12.8 Å². The number of unbranched alkanes of at least 4 members (excludes halogenated alkanes) is 18. The summed E-state index contributed by atoms with van der Waals surface area (Å²) in [5.74, 6) is -0.940. The van der Waals surface area contributed by atoms with Crippen molar-refractivity contribution < 1.29 is 28.6 Å². The summed E-state index contributed by atoms with van der Waals surface area (Å²) in [6.07, 6.45) is 72.4. The van der Waals surface area contributed by atoms with Crippen molar-refractivity contribution in [2.24, 2.45) is 0 Å². The first kappa shape index (κ1) is 62.1. The number of rotatable bonds is 47. The Labute approximate surface area is 406 Å². The molecule has 0 bridgehead atoms. The molecule has 0 aromatic carbocycles. The van der Waals surface area contributed by atoms with E-state index in [0.717, 1.165) is 128 Å². The van der Waals surface area contributed by atoms with Crippen LogP contribution in [0, 0.1) is 0 Å². The minimum Gasteiger partial charge on any atom is -0.462 e. The molecular weight excluding hydrogens is 817 g/mol. The molecule has 0 rings (SSSR count). The molecule has 0 amide bonds. The Bertz CT molecular complexity index is 1370. The van der Waals surface area contributed by atoms with Crippen molar-refractivity contribution in [3.05, 3.63) is 109 Å². The van der Waals surface area contributed by atoms with Gasteiger partial charge in [0.25, 0.3) is 0 Å². The molecule has 1 unspecified atom stereocenters. The number of carbonyl (C=O) groups is 3. The van der Waals surface area contributed by atoms with Crippen molar-refractivity contribution >= 4 is 17.9 Å². The Morgan fingerprint density at radius 1 is 0.318 bits per heavy atom. The molecular formula is C60H98O6. The van der Waals surface area contributed by atoms with Crippen LogP contribution in [0.2, 0.25) is 0 Å². The van der Waals surface area contributed by atoms with Gasteiger partial charge < -0.3 is 14.2 Å². The monoisotopic (exact) mass is 915 g/mol. The highest BCUT2D eigenvalue weighted by atomic mass is 16.6. The van der Waals surface area contributed by atoms with Crippen molar-refractivity contribution in [1.29, 1.82) is 0 Å². The molecule has 6 heteroatoms. The van der Waals surface area contributed by atoms with Crippen LogP contribution in [0.25, 0.3) is 0 Å². The Morgan fingerprint density at radius 3 is 0.939 bits per heavy atom. The summed E-state index contributed by atoms with van der Waals surface area (Å²) in [4.78, 5) is 37.9. The zero-order chi connectivity index (χ0) is 47.9. The first-order valence-corrected chi connectivity index (χ1v) is 26.9. The van der Waals surface area contributed by atoms with Crippen LogP contribution in [0.3, 0.4) is 0 Å². The molecule has 66 heavy (non-hydrogen) atoms. The van der Waals surface area contributed by atoms with Crippen LogP contribution in [-0.2, 0) is 28.6 Å². The third kappa shape index (κ3) is 51.1. The van der Waals surface area contributed by atoms with Crippen molar-refractivity contribution in [2.45, 2.75) is 239 Å². The predicted molar refractivity (Wildman–Crippen MR) is 283 cm³/mol. The summed E-state index contributed by atoms with van der Waals surface area (Å²) >= 11 is 0. The zero-order valence-electron chi connectivity index (χ0n) is 42.7. The lowest BCUT2D eigenvalue weighted by Crippen LogP contribution is -2.30. The average Bonchev–Trinajstić information content (AvgIpc) is 3.31. The molecule has 0 aromatic heterocycles. The second-order valence-corrected chi connectivity index (χ2v) is 17.4. The third-order valence-corrected chi connectivity index (χ3v) is 11.0. The smallest absolute Gasteiger partial charge is 0.306 e. The number of carbonyl (C=O) groups excluding carboxylic acids is 3. The highest BCUT2D eigenvalue weighted by molar-refractivity contribution is 5.71. The number of allylic oxidation sites excluding steroid dienone is 18. The quantitative estimate of drug-likeness (QED) is 0.0262. The fourth-order valence-corrected chi connectivity index (χ4v) is 7.05. The molecule has 374 valence electrons. The summed E-state index contributed by atoms with van der Waals surface area (Å²) in [6, 6.07) is 0. The maximum atomic E-state index is 12.7. The minimum absolute atomic E-state index is 0.0929. The second-order valence-electron chi connectivity index (χ2n) is 17.4. The van der Waals surface area contributed by atoms with Crippen molar-refractivity contribution in [1.82, 2.24) is 0 Å². The van der Waals surface area contributed by atoms with E-state index in [9.17, 15) is 14.4 Å². The summed E-state index contributed by atoms with van der Waals surface area (Å²) in [5, 5.41) is 0. The molecule has 0 fully saturated rings. The van der Waals surface area contributed by atoms with Crippen molar-refractivity contribution in [2.75, 3.05) is 13.2 Å². The van der Waals surface area contributed by atoms with Crippen LogP contribution < -0.4 is 0 Å². The van der Waals surface area contributed by atoms with Crippen molar-refractivity contribution in [3.8, 4) is 0 Å². The fourth-order valence-electron chi connectivity index (χ4n) is 7.05. The fraction of sp³-hybridized carbons (Fsp3) is 0.650. The molecule has 0 spiro atoms. The number of hydrogen-bond acceptors (Lipinski definition) is 6. The zero-order valence-corrected chi connectivity index (χ0v) is 42.7. The Hall–Kier alpha value is -3.93. The normalized spacial score (nSPS) is 13.0. The van der Waals surface area contributed by atoms with Crippen LogP contribution in [0.1, 0.15) is 233 Å². The molecule has 6 nitrogen and oxygen atoms in total. The van der Waals surface area contributed by atoms with Gasteiger partial charge in [0.2, 0.25) is 0 Å². The SMILES string of the molecule is CC/C=C\C/C=C\C/C=C\C/C=C\C/C=C\C/C=C\CCCCCCCCCCC(=O)OCC(COC(=O)CCCCCCCCCC)OC(=O)CCCCC/C=C\C/C=C\C/C=C\CC. The van der Waals surface area contributed by atoms with Gasteiger partial charge in [0, 0.05) is 19.3 Å². The van der Waals surface area contributed by atoms with Gasteiger partial charge in [0.1, 0.15) is 13.2 Å². The van der Waals surface area contributed by atoms with Crippen LogP contribution in [0.15, 0.2) is 109 Å². The van der Waals surface area contributed by atoms with Gasteiger partial charge in [0.05, 0.1) is 0 Å². The van der Waals surface area contributed by atoms with Crippen LogP contribution in [-0.4, -0.2) is 37.2 Å². The lowest BCUT2D eigenvalue weighted by atomic mass is 10.1. The molecule has 0 heterocycles. The molecule has 1 atom stereocenters. The van der Waals surface area contributed by atoms with Crippen molar-refractivity contribution in [3.63, 3.8) is 0 Å². The topological polar surface area (TPSA) is 78.9 Å². The van der Waals surface area contributed by atoms with Gasteiger partial charge in [-0.25, -0.2) is 0 Å². The summed E-state index contributed by atoms with van der Waals surface area (Å²) in [7, 11) is 0. The first-order valence-electron chi connectivity index (χ1n) is 26.9. The molecule has 0 aliphatic carbocycles. The summed E-state index contributed by atoms with van der Waals surface area (Å²) < 4.78 is 16.7. The van der Waals surface area contributed by atoms with E-state index in [1.54, 1.807) is 0 Å². The standard InChI is InChI=1S/C60H98O6/c1-4-7-10-13-16-19-21-23-24-25-26-27-28-29-30-31-32-33-34-35-36-38-39-41-44-47-50-53-59(62)65-56-57(55-64-58(61)52-49-46-43-18-15-12-9-6-3)66-60(63)54-51-48-45-42-40-37-22-20-17-14-11-8-5-2/h7-8,10-11,16-17,19-20,23-24,26-27,29-30,32-33,37,40,57H,4-6,9,12-15,18,21-22,25,28,31,34-36,38-39,41-56H2,1-3H3/b10-7-,11-8-,19-16-,20-17-,24-23-,27-26-,30-29-,33-32-,40-37-. The van der Waals surface area contributed by atoms with Gasteiger partial charge in [-0.3, -0.25) is 14.4 Å². The highest BCUT2D eigenvalue weighted by Crippen LogP contribution is 2.14. The highest BCUT2D eigenvalue weighted by Gasteiger charge is 2.19. The number of ether oxygens (including phenoxy) is 3. The Morgan fingerprint density at radius 2 is 0.591 bits per heavy atom. The Kier molecular flexibility index (Phi) is 50.5. The van der Waals surface area contributed by atoms with Gasteiger partial charge >= 0.3 is 17.9 Å². The van der Waals surface area contributed by atoms with E-state index in [2.05, 4.69) is 130 Å². The van der Waals surface area contributed by atoms with E-state index in [1.165, 1.54) is 64.2 Å². The lowest BCUT2D eigenvalue weighted by molar-refractivity contribution is -0.167. The van der Waals surface area contributed by atoms with Crippen LogP contribution >= 0.6 is 0 Å². The van der Waals surface area contributed by atoms with E-state index < -0.39 is 6.10 Å². The number of hydrogen-bond donors (Lipinski definition) is 0. The molecule has 0 N–H and O–H groups in total. The minimum atomic E-state index is -0.795. The van der Waals surface area contributed by atoms with E-state index in [-0.39, 0.29) is 37.5 Å². The predicted octanol–water partition coefficient (Wildman–Crippen LogP) is 17.9. The molecule has 0 saturated heterocycles. The van der Waals surface area contributed by atoms with Gasteiger partial charge in [0.15, 0.2) is 6.10 Å². The van der Waals surface area contributed by atoms with Gasteiger partial charge in [-0.15, -0.1) is 0 Å². The average molecular weight is 915 g/mol. The second kappa shape index (κ2) is 53.7. The summed E-state index contributed by atoms with van der Waals surface area (Å²) in [6.45, 7) is 6.33. The lowest BCUT2D eigenvalue weighted by Gasteiger charge is -2.18. The molecule has 0 radical (unpaired) electrons. The molecule has 0 saturated carbocycles. The van der Waals surface area contributed by atoms with Gasteiger partial charge in [-0.05, 0) is 103 Å². The third-order valence-electron chi connectivity index (χ3n) is 11.0. The maximum absolute atomic E-state index is 12.7. The largest absolute Gasteiger partial charge is 0.462 e. The van der Waals surface area contributed by atoms with E-state index >= 15 is 0 Å². The molecule has 0 aliphatic heterocycles. The van der Waals surface area contributed by atoms with Crippen LogP contribution in [0.5, 0.6) is 0 Å². The van der Waals surface area contributed by atoms with Gasteiger partial charge in [-0.1, -0.05) is 220 Å². The first-order chi connectivity index (χ1) is 32.5. The van der Waals surface area contributed by atoms with Gasteiger partial charge in [-0.2, -0.15) is 0 Å².